The van der Waals surface area contributed by atoms with Crippen molar-refractivity contribution in [1.82, 2.24) is 14.9 Å². The number of aromatic nitrogens is 2. The third-order valence-corrected chi connectivity index (χ3v) is 6.56. The van der Waals surface area contributed by atoms with Crippen LogP contribution in [-0.2, 0) is 11.3 Å². The lowest BCUT2D eigenvalue weighted by atomic mass is 10.0. The summed E-state index contributed by atoms with van der Waals surface area (Å²) in [5.74, 6) is 0.564. The summed E-state index contributed by atoms with van der Waals surface area (Å²) in [6.07, 6.45) is 3.38. The van der Waals surface area contributed by atoms with E-state index in [2.05, 4.69) is 12.2 Å². The standard InChI is InChI=1S/C26H27N3O3S/c1-3-10-22(19-11-5-4-6-12-19)27-24(30)18(2)33-26-28-23-15-8-7-14-21(23)25(31)29(26)17-20-13-9-16-32-20/h4-9,11-16,18,22H,3,10,17H2,1-2H3,(H,27,30). The minimum absolute atomic E-state index is 0.0541. The first-order valence-electron chi connectivity index (χ1n) is 11.1. The molecule has 33 heavy (non-hydrogen) atoms. The van der Waals surface area contributed by atoms with E-state index in [1.807, 2.05) is 61.5 Å². The van der Waals surface area contributed by atoms with Crippen LogP contribution in [0, 0.1) is 0 Å². The number of carbonyl (C=O) groups excluding carboxylic acids is 1. The van der Waals surface area contributed by atoms with Gasteiger partial charge in [0.1, 0.15) is 5.76 Å². The molecule has 2 aromatic carbocycles. The van der Waals surface area contributed by atoms with Crippen LogP contribution in [0.3, 0.4) is 0 Å². The Morgan fingerprint density at radius 2 is 1.85 bits per heavy atom. The van der Waals surface area contributed by atoms with Gasteiger partial charge in [0.2, 0.25) is 5.91 Å². The zero-order valence-corrected chi connectivity index (χ0v) is 19.5. The fourth-order valence-electron chi connectivity index (χ4n) is 3.73. The Balaban J connectivity index is 1.60. The Labute approximate surface area is 197 Å². The summed E-state index contributed by atoms with van der Waals surface area (Å²) < 4.78 is 7.04. The second-order valence-electron chi connectivity index (χ2n) is 7.90. The Morgan fingerprint density at radius 3 is 2.58 bits per heavy atom. The van der Waals surface area contributed by atoms with Crippen LogP contribution in [0.4, 0.5) is 0 Å². The molecule has 0 aliphatic heterocycles. The number of furan rings is 1. The van der Waals surface area contributed by atoms with Crippen molar-refractivity contribution in [2.75, 3.05) is 0 Å². The molecule has 7 heteroatoms. The second-order valence-corrected chi connectivity index (χ2v) is 9.21. The van der Waals surface area contributed by atoms with Gasteiger partial charge in [-0.3, -0.25) is 14.2 Å². The zero-order chi connectivity index (χ0) is 23.2. The number of hydrogen-bond donors (Lipinski definition) is 1. The van der Waals surface area contributed by atoms with E-state index in [0.29, 0.717) is 21.8 Å². The molecule has 0 fully saturated rings. The molecule has 4 rings (SSSR count). The van der Waals surface area contributed by atoms with Crippen molar-refractivity contribution in [1.29, 1.82) is 0 Å². The van der Waals surface area contributed by atoms with Crippen LogP contribution in [0.25, 0.3) is 10.9 Å². The number of hydrogen-bond acceptors (Lipinski definition) is 5. The first-order chi connectivity index (χ1) is 16.1. The predicted octanol–water partition coefficient (Wildman–Crippen LogP) is 5.18. The third-order valence-electron chi connectivity index (χ3n) is 5.47. The predicted molar refractivity (Wildman–Crippen MR) is 131 cm³/mol. The molecule has 0 saturated heterocycles. The fraction of sp³-hybridized carbons (Fsp3) is 0.269. The molecule has 2 heterocycles. The smallest absolute Gasteiger partial charge is 0.262 e. The quantitative estimate of drug-likeness (QED) is 0.275. The van der Waals surface area contributed by atoms with E-state index in [1.54, 1.807) is 23.0 Å². The molecule has 2 atom stereocenters. The maximum Gasteiger partial charge on any atom is 0.262 e. The molecule has 0 aliphatic rings. The van der Waals surface area contributed by atoms with Crippen LogP contribution >= 0.6 is 11.8 Å². The first-order valence-corrected chi connectivity index (χ1v) is 12.0. The van der Waals surface area contributed by atoms with Crippen molar-refractivity contribution >= 4 is 28.6 Å². The molecule has 170 valence electrons. The summed E-state index contributed by atoms with van der Waals surface area (Å²) in [6.45, 7) is 4.20. The Bertz CT molecular complexity index is 1270. The van der Waals surface area contributed by atoms with Gasteiger partial charge in [0, 0.05) is 0 Å². The number of rotatable bonds is 9. The van der Waals surface area contributed by atoms with E-state index in [0.717, 1.165) is 18.4 Å². The minimum Gasteiger partial charge on any atom is -0.467 e. The largest absolute Gasteiger partial charge is 0.467 e. The number of para-hydroxylation sites is 1. The van der Waals surface area contributed by atoms with Crippen LogP contribution in [0.15, 0.2) is 87.4 Å². The summed E-state index contributed by atoms with van der Waals surface area (Å²) in [7, 11) is 0. The van der Waals surface area contributed by atoms with Gasteiger partial charge < -0.3 is 9.73 Å². The average molecular weight is 462 g/mol. The molecule has 2 aromatic heterocycles. The van der Waals surface area contributed by atoms with Crippen molar-refractivity contribution < 1.29 is 9.21 Å². The lowest BCUT2D eigenvalue weighted by Gasteiger charge is -2.21. The molecule has 0 aliphatic carbocycles. The molecule has 0 bridgehead atoms. The average Bonchev–Trinajstić information content (AvgIpc) is 3.35. The summed E-state index contributed by atoms with van der Waals surface area (Å²) in [4.78, 5) is 31.1. The monoisotopic (exact) mass is 461 g/mol. The highest BCUT2D eigenvalue weighted by Gasteiger charge is 2.22. The van der Waals surface area contributed by atoms with Crippen molar-refractivity contribution in [2.24, 2.45) is 0 Å². The highest BCUT2D eigenvalue weighted by atomic mass is 32.2. The zero-order valence-electron chi connectivity index (χ0n) is 18.7. The third kappa shape index (κ3) is 5.37. The van der Waals surface area contributed by atoms with E-state index in [9.17, 15) is 9.59 Å². The summed E-state index contributed by atoms with van der Waals surface area (Å²) >= 11 is 1.28. The Hall–Kier alpha value is -3.32. The van der Waals surface area contributed by atoms with Crippen LogP contribution < -0.4 is 10.9 Å². The van der Waals surface area contributed by atoms with E-state index in [-0.39, 0.29) is 24.1 Å². The molecule has 1 amide bonds. The lowest BCUT2D eigenvalue weighted by Crippen LogP contribution is -2.35. The number of amides is 1. The highest BCUT2D eigenvalue weighted by Crippen LogP contribution is 2.25. The van der Waals surface area contributed by atoms with Crippen LogP contribution in [-0.4, -0.2) is 20.7 Å². The molecule has 0 radical (unpaired) electrons. The molecule has 0 spiro atoms. The molecule has 1 N–H and O–H groups in total. The molecule has 0 saturated carbocycles. The van der Waals surface area contributed by atoms with Gasteiger partial charge in [-0.25, -0.2) is 4.98 Å². The SMILES string of the molecule is CCCC(NC(=O)C(C)Sc1nc2ccccc2c(=O)n1Cc1ccco1)c1ccccc1. The van der Waals surface area contributed by atoms with E-state index in [4.69, 9.17) is 9.40 Å². The Kier molecular flexibility index (Phi) is 7.29. The van der Waals surface area contributed by atoms with Gasteiger partial charge in [0.05, 0.1) is 35.0 Å². The first kappa shape index (κ1) is 22.9. The van der Waals surface area contributed by atoms with Crippen molar-refractivity contribution in [3.63, 3.8) is 0 Å². The van der Waals surface area contributed by atoms with Crippen LogP contribution in [0.2, 0.25) is 0 Å². The van der Waals surface area contributed by atoms with Gasteiger partial charge in [-0.1, -0.05) is 67.6 Å². The number of nitrogens with zero attached hydrogens (tertiary/aromatic N) is 2. The lowest BCUT2D eigenvalue weighted by molar-refractivity contribution is -0.121. The van der Waals surface area contributed by atoms with Gasteiger partial charge in [-0.05, 0) is 43.2 Å². The maximum atomic E-state index is 13.2. The fourth-order valence-corrected chi connectivity index (χ4v) is 4.65. The van der Waals surface area contributed by atoms with Crippen LogP contribution in [0.5, 0.6) is 0 Å². The Morgan fingerprint density at radius 1 is 1.09 bits per heavy atom. The molecular weight excluding hydrogens is 434 g/mol. The van der Waals surface area contributed by atoms with E-state index in [1.165, 1.54) is 11.8 Å². The summed E-state index contributed by atoms with van der Waals surface area (Å²) in [5.41, 5.74) is 1.55. The van der Waals surface area contributed by atoms with Gasteiger partial charge >= 0.3 is 0 Å². The summed E-state index contributed by atoms with van der Waals surface area (Å²) in [6, 6.07) is 20.8. The van der Waals surface area contributed by atoms with Crippen LogP contribution in [0.1, 0.15) is 44.1 Å². The van der Waals surface area contributed by atoms with Gasteiger partial charge in [0.15, 0.2) is 5.16 Å². The minimum atomic E-state index is -0.441. The molecular formula is C26H27N3O3S. The number of nitrogens with one attached hydrogen (secondary N) is 1. The number of thioether (sulfide) groups is 1. The summed E-state index contributed by atoms with van der Waals surface area (Å²) in [5, 5.41) is 3.77. The van der Waals surface area contributed by atoms with E-state index < -0.39 is 5.25 Å². The second kappa shape index (κ2) is 10.5. The molecule has 2 unspecified atom stereocenters. The maximum absolute atomic E-state index is 13.2. The molecule has 4 aromatic rings. The van der Waals surface area contributed by atoms with Crippen molar-refractivity contribution in [3.8, 4) is 0 Å². The molecule has 6 nitrogen and oxygen atoms in total. The number of carbonyl (C=O) groups is 1. The van der Waals surface area contributed by atoms with Gasteiger partial charge in [-0.15, -0.1) is 0 Å². The number of benzene rings is 2. The van der Waals surface area contributed by atoms with Gasteiger partial charge in [0.25, 0.3) is 5.56 Å². The van der Waals surface area contributed by atoms with Crippen molar-refractivity contribution in [2.45, 2.75) is 49.7 Å². The van der Waals surface area contributed by atoms with E-state index >= 15 is 0 Å². The topological polar surface area (TPSA) is 77.1 Å². The highest BCUT2D eigenvalue weighted by molar-refractivity contribution is 8.00. The van der Waals surface area contributed by atoms with Gasteiger partial charge in [-0.2, -0.15) is 0 Å². The number of fused-ring (bicyclic) bond motifs is 1. The van der Waals surface area contributed by atoms with Crippen molar-refractivity contribution in [3.05, 3.63) is 94.7 Å². The normalized spacial score (nSPS) is 13.0.